The summed E-state index contributed by atoms with van der Waals surface area (Å²) in [6, 6.07) is 9.57. The number of hydrogen-bond donors (Lipinski definition) is 1. The fourth-order valence-corrected chi connectivity index (χ4v) is 2.94. The molecule has 0 fully saturated rings. The van der Waals surface area contributed by atoms with Gasteiger partial charge in [-0.2, -0.15) is 0 Å². The number of rotatable bonds is 10. The Morgan fingerprint density at radius 2 is 1.96 bits per heavy atom. The van der Waals surface area contributed by atoms with Gasteiger partial charge in [-0.05, 0) is 50.1 Å². The van der Waals surface area contributed by atoms with Crippen molar-refractivity contribution in [1.82, 2.24) is 15.5 Å². The second-order valence-electron chi connectivity index (χ2n) is 6.15. The van der Waals surface area contributed by atoms with Crippen molar-refractivity contribution in [3.63, 3.8) is 0 Å². The van der Waals surface area contributed by atoms with E-state index in [0.717, 1.165) is 41.0 Å². The van der Waals surface area contributed by atoms with Crippen molar-refractivity contribution in [2.45, 2.75) is 40.2 Å². The Balaban J connectivity index is 2.15. The SMILES string of the molecule is CCCNC(=O)c1ccc(N(CC)Cc2cc(Br)ccc2OCCC)nn1. The first-order chi connectivity index (χ1) is 13.1. The molecule has 6 nitrogen and oxygen atoms in total. The molecule has 1 aromatic carbocycles. The van der Waals surface area contributed by atoms with E-state index in [-0.39, 0.29) is 5.91 Å². The number of hydrogen-bond acceptors (Lipinski definition) is 5. The van der Waals surface area contributed by atoms with Gasteiger partial charge in [0.1, 0.15) is 5.75 Å². The Morgan fingerprint density at radius 3 is 2.59 bits per heavy atom. The van der Waals surface area contributed by atoms with E-state index in [4.69, 9.17) is 4.74 Å². The van der Waals surface area contributed by atoms with Gasteiger partial charge in [-0.1, -0.05) is 29.8 Å². The second kappa shape index (κ2) is 10.9. The average Bonchev–Trinajstić information content (AvgIpc) is 2.69. The summed E-state index contributed by atoms with van der Waals surface area (Å²) in [6.45, 7) is 8.88. The molecule has 7 heteroatoms. The normalized spacial score (nSPS) is 10.5. The number of halogens is 1. The van der Waals surface area contributed by atoms with Crippen LogP contribution in [0.15, 0.2) is 34.8 Å². The molecule has 0 saturated heterocycles. The lowest BCUT2D eigenvalue weighted by Crippen LogP contribution is -2.27. The van der Waals surface area contributed by atoms with Gasteiger partial charge in [0.2, 0.25) is 0 Å². The molecule has 0 unspecified atom stereocenters. The highest BCUT2D eigenvalue weighted by Crippen LogP contribution is 2.26. The van der Waals surface area contributed by atoms with Crippen LogP contribution in [0, 0.1) is 0 Å². The van der Waals surface area contributed by atoms with Crippen LogP contribution < -0.4 is 15.0 Å². The zero-order valence-corrected chi connectivity index (χ0v) is 17.8. The maximum Gasteiger partial charge on any atom is 0.271 e. The molecule has 0 atom stereocenters. The van der Waals surface area contributed by atoms with Crippen LogP contribution in [0.25, 0.3) is 0 Å². The van der Waals surface area contributed by atoms with E-state index in [1.165, 1.54) is 0 Å². The van der Waals surface area contributed by atoms with Gasteiger partial charge in [0.05, 0.1) is 6.61 Å². The van der Waals surface area contributed by atoms with Crippen LogP contribution in [0.1, 0.15) is 49.7 Å². The van der Waals surface area contributed by atoms with Crippen LogP contribution in [0.5, 0.6) is 5.75 Å². The largest absolute Gasteiger partial charge is 0.493 e. The molecule has 0 bridgehead atoms. The van der Waals surface area contributed by atoms with Crippen LogP contribution in [0.3, 0.4) is 0 Å². The molecule has 146 valence electrons. The van der Waals surface area contributed by atoms with Gasteiger partial charge in [-0.15, -0.1) is 10.2 Å². The maximum absolute atomic E-state index is 12.0. The summed E-state index contributed by atoms with van der Waals surface area (Å²) < 4.78 is 6.88. The number of carbonyl (C=O) groups excluding carboxylic acids is 1. The van der Waals surface area contributed by atoms with Gasteiger partial charge in [-0.25, -0.2) is 0 Å². The highest BCUT2D eigenvalue weighted by molar-refractivity contribution is 9.10. The Kier molecular flexibility index (Phi) is 8.51. The summed E-state index contributed by atoms with van der Waals surface area (Å²) in [5.74, 6) is 1.41. The number of nitrogens with zero attached hydrogens (tertiary/aromatic N) is 3. The third-order valence-electron chi connectivity index (χ3n) is 3.97. The van der Waals surface area contributed by atoms with Crippen LogP contribution in [0.4, 0.5) is 5.82 Å². The van der Waals surface area contributed by atoms with E-state index < -0.39 is 0 Å². The van der Waals surface area contributed by atoms with Crippen molar-refractivity contribution < 1.29 is 9.53 Å². The molecule has 0 spiro atoms. The quantitative estimate of drug-likeness (QED) is 0.606. The van der Waals surface area contributed by atoms with E-state index in [9.17, 15) is 4.79 Å². The highest BCUT2D eigenvalue weighted by atomic mass is 79.9. The molecule has 0 aliphatic carbocycles. The van der Waals surface area contributed by atoms with Crippen molar-refractivity contribution in [3.05, 3.63) is 46.1 Å². The van der Waals surface area contributed by atoms with Gasteiger partial charge >= 0.3 is 0 Å². The average molecular weight is 435 g/mol. The number of carbonyl (C=O) groups is 1. The molecule has 27 heavy (non-hydrogen) atoms. The first-order valence-corrected chi connectivity index (χ1v) is 10.2. The lowest BCUT2D eigenvalue weighted by molar-refractivity contribution is 0.0947. The predicted octanol–water partition coefficient (Wildman–Crippen LogP) is 4.19. The van der Waals surface area contributed by atoms with Crippen LogP contribution in [-0.2, 0) is 6.54 Å². The Hall–Kier alpha value is -2.15. The first-order valence-electron chi connectivity index (χ1n) is 9.37. The van der Waals surface area contributed by atoms with Crippen molar-refractivity contribution in [2.75, 3.05) is 24.6 Å². The molecule has 1 amide bonds. The highest BCUT2D eigenvalue weighted by Gasteiger charge is 2.14. The predicted molar refractivity (Wildman–Crippen MR) is 111 cm³/mol. The summed E-state index contributed by atoms with van der Waals surface area (Å²) >= 11 is 3.53. The molecule has 0 aliphatic rings. The van der Waals surface area contributed by atoms with E-state index in [2.05, 4.69) is 56.3 Å². The zero-order valence-electron chi connectivity index (χ0n) is 16.2. The number of amides is 1. The van der Waals surface area contributed by atoms with Crippen molar-refractivity contribution in [2.24, 2.45) is 0 Å². The van der Waals surface area contributed by atoms with Crippen LogP contribution >= 0.6 is 15.9 Å². The summed E-state index contributed by atoms with van der Waals surface area (Å²) in [6.07, 6.45) is 1.84. The molecule has 2 aromatic rings. The Labute approximate surface area is 169 Å². The number of anilines is 1. The number of aromatic nitrogens is 2. The van der Waals surface area contributed by atoms with Crippen LogP contribution in [-0.4, -0.2) is 35.8 Å². The van der Waals surface area contributed by atoms with E-state index >= 15 is 0 Å². The van der Waals surface area contributed by atoms with Gasteiger partial charge < -0.3 is 15.0 Å². The minimum Gasteiger partial charge on any atom is -0.493 e. The van der Waals surface area contributed by atoms with Crippen molar-refractivity contribution in [3.8, 4) is 5.75 Å². The van der Waals surface area contributed by atoms with E-state index in [1.807, 2.05) is 25.1 Å². The Morgan fingerprint density at radius 1 is 1.15 bits per heavy atom. The first kappa shape index (κ1) is 21.2. The smallest absolute Gasteiger partial charge is 0.271 e. The van der Waals surface area contributed by atoms with Crippen LogP contribution in [0.2, 0.25) is 0 Å². The van der Waals surface area contributed by atoms with E-state index in [1.54, 1.807) is 6.07 Å². The monoisotopic (exact) mass is 434 g/mol. The minimum absolute atomic E-state index is 0.193. The molecule has 0 radical (unpaired) electrons. The fraction of sp³-hybridized carbons (Fsp3) is 0.450. The molecular weight excluding hydrogens is 408 g/mol. The zero-order chi connectivity index (χ0) is 19.6. The standard InChI is InChI=1S/C20H27BrN4O2/c1-4-11-22-20(26)17-8-10-19(24-23-17)25(6-3)14-15-13-16(21)7-9-18(15)27-12-5-2/h7-10,13H,4-6,11-12,14H2,1-3H3,(H,22,26). The molecule has 0 aliphatic heterocycles. The van der Waals surface area contributed by atoms with Crippen molar-refractivity contribution in [1.29, 1.82) is 0 Å². The number of ether oxygens (including phenoxy) is 1. The van der Waals surface area contributed by atoms with Crippen molar-refractivity contribution >= 4 is 27.7 Å². The third kappa shape index (κ3) is 6.20. The molecule has 1 heterocycles. The second-order valence-corrected chi connectivity index (χ2v) is 7.06. The molecular formula is C20H27BrN4O2. The summed E-state index contributed by atoms with van der Waals surface area (Å²) in [5, 5.41) is 11.1. The molecule has 1 N–H and O–H groups in total. The van der Waals surface area contributed by atoms with Gasteiger partial charge in [0, 0.05) is 29.7 Å². The van der Waals surface area contributed by atoms with Gasteiger partial charge in [0.15, 0.2) is 11.5 Å². The minimum atomic E-state index is -0.193. The number of benzene rings is 1. The lowest BCUT2D eigenvalue weighted by Gasteiger charge is -2.23. The third-order valence-corrected chi connectivity index (χ3v) is 4.46. The molecule has 0 saturated carbocycles. The molecule has 1 aromatic heterocycles. The maximum atomic E-state index is 12.0. The Bertz CT molecular complexity index is 737. The van der Waals surface area contributed by atoms with Gasteiger partial charge in [-0.3, -0.25) is 4.79 Å². The summed E-state index contributed by atoms with van der Waals surface area (Å²) in [7, 11) is 0. The van der Waals surface area contributed by atoms with E-state index in [0.29, 0.717) is 25.4 Å². The summed E-state index contributed by atoms with van der Waals surface area (Å²) in [4.78, 5) is 14.1. The lowest BCUT2D eigenvalue weighted by atomic mass is 10.2. The fourth-order valence-electron chi connectivity index (χ4n) is 2.53. The molecule has 2 rings (SSSR count). The summed E-state index contributed by atoms with van der Waals surface area (Å²) in [5.41, 5.74) is 1.41. The number of nitrogens with one attached hydrogen (secondary N) is 1. The van der Waals surface area contributed by atoms with Gasteiger partial charge in [0.25, 0.3) is 5.91 Å². The topological polar surface area (TPSA) is 67.4 Å².